The summed E-state index contributed by atoms with van der Waals surface area (Å²) in [6, 6.07) is 20.8. The van der Waals surface area contributed by atoms with Gasteiger partial charge in [0, 0.05) is 5.92 Å². The van der Waals surface area contributed by atoms with Crippen LogP contribution in [0.1, 0.15) is 25.3 Å². The lowest BCUT2D eigenvalue weighted by Gasteiger charge is -2.31. The highest BCUT2D eigenvalue weighted by atomic mass is 28.3. The van der Waals surface area contributed by atoms with Crippen molar-refractivity contribution >= 4 is 19.2 Å². The summed E-state index contributed by atoms with van der Waals surface area (Å²) in [6.07, 6.45) is 2.21. The third kappa shape index (κ3) is 4.49. The van der Waals surface area contributed by atoms with E-state index in [-0.39, 0.29) is 11.9 Å². The summed E-state index contributed by atoms with van der Waals surface area (Å²) in [5.41, 5.74) is 2.84. The van der Waals surface area contributed by atoms with Crippen molar-refractivity contribution in [3.8, 4) is 0 Å². The molecule has 2 aromatic carbocycles. The van der Waals surface area contributed by atoms with E-state index in [1.165, 1.54) is 12.3 Å². The molecule has 0 heterocycles. The van der Waals surface area contributed by atoms with Gasteiger partial charge in [0.1, 0.15) is 8.07 Å². The zero-order chi connectivity index (χ0) is 18.5. The van der Waals surface area contributed by atoms with Gasteiger partial charge in [-0.3, -0.25) is 4.79 Å². The zero-order valence-electron chi connectivity index (χ0n) is 15.8. The summed E-state index contributed by atoms with van der Waals surface area (Å²) in [5.74, 6) is -0.221. The van der Waals surface area contributed by atoms with E-state index in [9.17, 15) is 4.79 Å². The average Bonchev–Trinajstić information content (AvgIpc) is 2.62. The molecule has 132 valence electrons. The van der Waals surface area contributed by atoms with Crippen LogP contribution in [-0.2, 0) is 9.53 Å². The van der Waals surface area contributed by atoms with Gasteiger partial charge in [0.2, 0.25) is 0 Å². The molecule has 0 bridgehead atoms. The van der Waals surface area contributed by atoms with Crippen LogP contribution in [0.25, 0.3) is 0 Å². The van der Waals surface area contributed by atoms with E-state index in [1.54, 1.807) is 0 Å². The Hall–Kier alpha value is -2.13. The Bertz CT molecular complexity index is 718. The fourth-order valence-electron chi connectivity index (χ4n) is 3.12. The lowest BCUT2D eigenvalue weighted by Crippen LogP contribution is -2.40. The van der Waals surface area contributed by atoms with Crippen molar-refractivity contribution in [2.24, 2.45) is 5.41 Å². The number of allylic oxidation sites excluding steroid dienone is 1. The molecule has 0 aromatic heterocycles. The second-order valence-corrected chi connectivity index (χ2v) is 11.9. The monoisotopic (exact) mass is 352 g/mol. The topological polar surface area (TPSA) is 26.3 Å². The second-order valence-electron chi connectivity index (χ2n) is 7.55. The molecule has 1 unspecified atom stereocenters. The summed E-state index contributed by atoms with van der Waals surface area (Å²) in [5, 5.41) is 1.38. The third-order valence-electron chi connectivity index (χ3n) is 4.87. The molecule has 0 amide bonds. The summed E-state index contributed by atoms with van der Waals surface area (Å²) in [7, 11) is -0.275. The van der Waals surface area contributed by atoms with Gasteiger partial charge in [-0.1, -0.05) is 90.7 Å². The first-order valence-electron chi connectivity index (χ1n) is 8.67. The van der Waals surface area contributed by atoms with Gasteiger partial charge in [-0.2, -0.15) is 0 Å². The lowest BCUT2D eigenvalue weighted by atomic mass is 9.75. The minimum Gasteiger partial charge on any atom is -0.469 e. The maximum atomic E-state index is 12.4. The van der Waals surface area contributed by atoms with Crippen LogP contribution in [-0.4, -0.2) is 21.2 Å². The van der Waals surface area contributed by atoms with E-state index in [2.05, 4.69) is 61.3 Å². The van der Waals surface area contributed by atoms with Crippen molar-refractivity contribution in [2.75, 3.05) is 7.11 Å². The smallest absolute Gasteiger partial charge is 0.312 e. The molecule has 0 aliphatic carbocycles. The van der Waals surface area contributed by atoms with E-state index in [1.807, 2.05) is 38.1 Å². The van der Waals surface area contributed by atoms with Gasteiger partial charge < -0.3 is 4.74 Å². The van der Waals surface area contributed by atoms with E-state index >= 15 is 0 Å². The highest BCUT2D eigenvalue weighted by Crippen LogP contribution is 2.38. The quantitative estimate of drug-likeness (QED) is 0.557. The minimum atomic E-state index is -1.73. The number of ether oxygens (including phenoxy) is 1. The van der Waals surface area contributed by atoms with Crippen LogP contribution in [0, 0.1) is 5.41 Å². The van der Waals surface area contributed by atoms with Gasteiger partial charge in [0.05, 0.1) is 12.5 Å². The number of methoxy groups -OCH3 is 1. The number of benzene rings is 2. The molecule has 3 heteroatoms. The normalized spacial score (nSPS) is 13.6. The van der Waals surface area contributed by atoms with Crippen LogP contribution in [0.5, 0.6) is 0 Å². The largest absolute Gasteiger partial charge is 0.469 e. The number of hydrogen-bond acceptors (Lipinski definition) is 2. The third-order valence-corrected chi connectivity index (χ3v) is 7.72. The molecule has 2 nitrogen and oxygen atoms in total. The molecule has 0 saturated heterocycles. The van der Waals surface area contributed by atoms with Crippen LogP contribution in [0.3, 0.4) is 0 Å². The number of esters is 1. The predicted molar refractivity (Wildman–Crippen MR) is 108 cm³/mol. The Morgan fingerprint density at radius 2 is 1.52 bits per heavy atom. The molecule has 2 rings (SSSR count). The number of hydrogen-bond donors (Lipinski definition) is 0. The van der Waals surface area contributed by atoms with Crippen molar-refractivity contribution in [3.63, 3.8) is 0 Å². The van der Waals surface area contributed by atoms with Crippen LogP contribution in [0.15, 0.2) is 72.4 Å². The maximum absolute atomic E-state index is 12.4. The summed E-state index contributed by atoms with van der Waals surface area (Å²) in [6.45, 7) is 8.56. The Labute approximate surface area is 152 Å². The Morgan fingerprint density at radius 3 is 2.04 bits per heavy atom. The zero-order valence-corrected chi connectivity index (χ0v) is 16.8. The molecule has 0 aliphatic rings. The van der Waals surface area contributed by atoms with Gasteiger partial charge in [0.15, 0.2) is 0 Å². The second kappa shape index (κ2) is 7.83. The Morgan fingerprint density at radius 1 is 1.00 bits per heavy atom. The van der Waals surface area contributed by atoms with E-state index in [4.69, 9.17) is 4.74 Å². The standard InChI is InChI=1S/C22H28O2Si/c1-22(2,21(23)24-3)20(18-12-8-6-9-13-18)16-17-25(4,5)19-14-10-7-11-15-19/h6-17,20H,1-5H3/b17-16+. The van der Waals surface area contributed by atoms with Crippen molar-refractivity contribution in [1.29, 1.82) is 0 Å². The van der Waals surface area contributed by atoms with E-state index in [0.29, 0.717) is 0 Å². The van der Waals surface area contributed by atoms with Gasteiger partial charge in [-0.25, -0.2) is 0 Å². The lowest BCUT2D eigenvalue weighted by molar-refractivity contribution is -0.151. The number of carbonyl (C=O) groups excluding carboxylic acids is 1. The van der Waals surface area contributed by atoms with Crippen LogP contribution < -0.4 is 5.19 Å². The number of rotatable bonds is 6. The van der Waals surface area contributed by atoms with Crippen LogP contribution in [0.4, 0.5) is 0 Å². The highest BCUT2D eigenvalue weighted by Gasteiger charge is 2.37. The Kier molecular flexibility index (Phi) is 6.01. The molecule has 2 aromatic rings. The predicted octanol–water partition coefficient (Wildman–Crippen LogP) is 4.68. The van der Waals surface area contributed by atoms with Crippen molar-refractivity contribution in [2.45, 2.75) is 32.9 Å². The van der Waals surface area contributed by atoms with Gasteiger partial charge in [-0.05, 0) is 19.4 Å². The average molecular weight is 353 g/mol. The molecular weight excluding hydrogens is 324 g/mol. The molecular formula is C22H28O2Si. The summed E-state index contributed by atoms with van der Waals surface area (Å²) in [4.78, 5) is 12.4. The van der Waals surface area contributed by atoms with Crippen molar-refractivity contribution in [1.82, 2.24) is 0 Å². The first kappa shape index (κ1) is 19.2. The fraction of sp³-hybridized carbons (Fsp3) is 0.318. The maximum Gasteiger partial charge on any atom is 0.312 e. The fourth-order valence-corrected chi connectivity index (χ4v) is 5.04. The summed E-state index contributed by atoms with van der Waals surface area (Å²) < 4.78 is 5.07. The number of carbonyl (C=O) groups is 1. The van der Waals surface area contributed by atoms with Crippen molar-refractivity contribution in [3.05, 3.63) is 78.0 Å². The summed E-state index contributed by atoms with van der Waals surface area (Å²) >= 11 is 0. The minimum absolute atomic E-state index is 0.0309. The molecule has 0 N–H and O–H groups in total. The SMILES string of the molecule is COC(=O)C(C)(C)C(/C=C/[Si](C)(C)c1ccccc1)c1ccccc1. The molecule has 0 spiro atoms. The van der Waals surface area contributed by atoms with Crippen LogP contribution in [0.2, 0.25) is 13.1 Å². The molecule has 0 fully saturated rings. The molecule has 25 heavy (non-hydrogen) atoms. The van der Waals surface area contributed by atoms with Gasteiger partial charge in [-0.15, -0.1) is 0 Å². The van der Waals surface area contributed by atoms with Crippen molar-refractivity contribution < 1.29 is 9.53 Å². The molecule has 1 atom stereocenters. The molecule has 0 saturated carbocycles. The van der Waals surface area contributed by atoms with Crippen LogP contribution >= 0.6 is 0 Å². The molecule has 0 radical (unpaired) electrons. The highest BCUT2D eigenvalue weighted by molar-refractivity contribution is 6.93. The first-order valence-corrected chi connectivity index (χ1v) is 11.7. The van der Waals surface area contributed by atoms with Gasteiger partial charge >= 0.3 is 5.97 Å². The first-order chi connectivity index (χ1) is 11.8. The van der Waals surface area contributed by atoms with Gasteiger partial charge in [0.25, 0.3) is 0 Å². The Balaban J connectivity index is 2.42. The molecule has 0 aliphatic heterocycles. The van der Waals surface area contributed by atoms with E-state index in [0.717, 1.165) is 5.56 Å². The van der Waals surface area contributed by atoms with E-state index < -0.39 is 13.5 Å².